The largest absolute Gasteiger partial charge is 0.384 e. The summed E-state index contributed by atoms with van der Waals surface area (Å²) in [5.41, 5.74) is 6.16. The maximum absolute atomic E-state index is 5.75. The summed E-state index contributed by atoms with van der Waals surface area (Å²) in [6, 6.07) is 1.73. The van der Waals surface area contributed by atoms with Gasteiger partial charge in [0.15, 0.2) is 5.82 Å². The molecule has 88 valence electrons. The van der Waals surface area contributed by atoms with E-state index in [9.17, 15) is 0 Å². The van der Waals surface area contributed by atoms with E-state index in [1.807, 2.05) is 6.92 Å². The van der Waals surface area contributed by atoms with E-state index in [4.69, 9.17) is 15.2 Å². The van der Waals surface area contributed by atoms with Crippen molar-refractivity contribution in [3.63, 3.8) is 0 Å². The molecule has 2 rings (SSSR count). The summed E-state index contributed by atoms with van der Waals surface area (Å²) in [5.74, 6) is 1.13. The lowest BCUT2D eigenvalue weighted by atomic mass is 10.0. The molecule has 2 heterocycles. The molecule has 0 aromatic carbocycles. The Balaban J connectivity index is 2.32. The number of anilines is 1. The molecule has 1 aromatic rings. The van der Waals surface area contributed by atoms with Crippen LogP contribution in [0.15, 0.2) is 6.07 Å². The number of hydrogen-bond donors (Lipinski definition) is 1. The highest BCUT2D eigenvalue weighted by Crippen LogP contribution is 2.33. The monoisotopic (exact) mass is 223 g/mol. The Morgan fingerprint density at radius 2 is 2.38 bits per heavy atom. The minimum Gasteiger partial charge on any atom is -0.384 e. The summed E-state index contributed by atoms with van der Waals surface area (Å²) >= 11 is 0. The van der Waals surface area contributed by atoms with Crippen molar-refractivity contribution >= 4 is 5.82 Å². The van der Waals surface area contributed by atoms with Gasteiger partial charge >= 0.3 is 0 Å². The zero-order valence-electron chi connectivity index (χ0n) is 9.69. The van der Waals surface area contributed by atoms with Crippen LogP contribution in [-0.4, -0.2) is 23.7 Å². The molecule has 16 heavy (non-hydrogen) atoms. The molecule has 0 saturated carbocycles. The second kappa shape index (κ2) is 4.35. The number of methoxy groups -OCH3 is 1. The first kappa shape index (κ1) is 11.3. The summed E-state index contributed by atoms with van der Waals surface area (Å²) < 4.78 is 10.7. The minimum absolute atomic E-state index is 0.391. The Morgan fingerprint density at radius 3 is 3.00 bits per heavy atom. The lowest BCUT2D eigenvalue weighted by molar-refractivity contribution is 0.00900. The van der Waals surface area contributed by atoms with Crippen LogP contribution in [0.5, 0.6) is 0 Å². The zero-order valence-corrected chi connectivity index (χ0v) is 9.69. The summed E-state index contributed by atoms with van der Waals surface area (Å²) in [5, 5.41) is 0. The van der Waals surface area contributed by atoms with Gasteiger partial charge in [0.1, 0.15) is 11.4 Å². The molecule has 1 saturated heterocycles. The van der Waals surface area contributed by atoms with E-state index in [1.54, 1.807) is 13.2 Å². The number of nitrogen functional groups attached to an aromatic ring is 1. The van der Waals surface area contributed by atoms with Gasteiger partial charge in [-0.25, -0.2) is 9.97 Å². The quantitative estimate of drug-likeness (QED) is 0.834. The summed E-state index contributed by atoms with van der Waals surface area (Å²) in [6.07, 6.45) is 1.97. The molecule has 1 unspecified atom stereocenters. The summed E-state index contributed by atoms with van der Waals surface area (Å²) in [7, 11) is 1.63. The first-order chi connectivity index (χ1) is 7.64. The molecule has 0 spiro atoms. The molecule has 5 heteroatoms. The number of rotatable bonds is 3. The third-order valence-electron chi connectivity index (χ3n) is 2.78. The minimum atomic E-state index is -0.391. The highest BCUT2D eigenvalue weighted by molar-refractivity contribution is 5.31. The predicted octanol–water partition coefficient (Wildman–Crippen LogP) is 1.23. The number of hydrogen-bond acceptors (Lipinski definition) is 5. The third kappa shape index (κ3) is 2.15. The van der Waals surface area contributed by atoms with Crippen LogP contribution in [0, 0.1) is 0 Å². The second-order valence-electron chi connectivity index (χ2n) is 4.22. The molecule has 0 amide bonds. The van der Waals surface area contributed by atoms with Gasteiger partial charge in [0.05, 0.1) is 12.3 Å². The highest BCUT2D eigenvalue weighted by atomic mass is 16.5. The van der Waals surface area contributed by atoms with Gasteiger partial charge in [-0.3, -0.25) is 0 Å². The van der Waals surface area contributed by atoms with Crippen LogP contribution in [0.2, 0.25) is 0 Å². The summed E-state index contributed by atoms with van der Waals surface area (Å²) in [6.45, 7) is 3.20. The first-order valence-electron chi connectivity index (χ1n) is 5.41. The van der Waals surface area contributed by atoms with Crippen molar-refractivity contribution in [1.82, 2.24) is 9.97 Å². The van der Waals surface area contributed by atoms with E-state index in [1.165, 1.54) is 0 Å². The Bertz CT molecular complexity index is 375. The van der Waals surface area contributed by atoms with E-state index in [0.717, 1.165) is 25.1 Å². The standard InChI is InChI=1S/C11H17N3O2/c1-11(4-3-5-16-11)10-13-8(7-15-2)6-9(12)14-10/h6H,3-5,7H2,1-2H3,(H2,12,13,14). The molecular formula is C11H17N3O2. The lowest BCUT2D eigenvalue weighted by Gasteiger charge is -2.21. The van der Waals surface area contributed by atoms with Crippen molar-refractivity contribution in [3.8, 4) is 0 Å². The van der Waals surface area contributed by atoms with Gasteiger partial charge in [-0.1, -0.05) is 0 Å². The molecule has 1 aliphatic rings. The number of aromatic nitrogens is 2. The van der Waals surface area contributed by atoms with Gasteiger partial charge in [-0.05, 0) is 19.8 Å². The smallest absolute Gasteiger partial charge is 0.162 e. The van der Waals surface area contributed by atoms with Crippen LogP contribution in [0.1, 0.15) is 31.3 Å². The molecule has 1 atom stereocenters. The Labute approximate surface area is 95.0 Å². The molecule has 1 aromatic heterocycles. The van der Waals surface area contributed by atoms with Gasteiger partial charge in [0, 0.05) is 19.8 Å². The average Bonchev–Trinajstić information content (AvgIpc) is 2.66. The van der Waals surface area contributed by atoms with Gasteiger partial charge in [-0.15, -0.1) is 0 Å². The fraction of sp³-hybridized carbons (Fsp3) is 0.636. The van der Waals surface area contributed by atoms with Gasteiger partial charge in [-0.2, -0.15) is 0 Å². The van der Waals surface area contributed by atoms with Crippen molar-refractivity contribution in [2.45, 2.75) is 32.0 Å². The number of ether oxygens (including phenoxy) is 2. The number of nitrogens with zero attached hydrogens (tertiary/aromatic N) is 2. The molecule has 1 aliphatic heterocycles. The highest BCUT2D eigenvalue weighted by Gasteiger charge is 2.35. The SMILES string of the molecule is COCc1cc(N)nc(C2(C)CCCO2)n1. The maximum Gasteiger partial charge on any atom is 0.162 e. The predicted molar refractivity (Wildman–Crippen MR) is 59.7 cm³/mol. The maximum atomic E-state index is 5.75. The van der Waals surface area contributed by atoms with Gasteiger partial charge in [0.25, 0.3) is 0 Å². The molecule has 1 fully saturated rings. The molecule has 0 aliphatic carbocycles. The van der Waals surface area contributed by atoms with Crippen molar-refractivity contribution in [2.24, 2.45) is 0 Å². The second-order valence-corrected chi connectivity index (χ2v) is 4.22. The van der Waals surface area contributed by atoms with Crippen molar-refractivity contribution in [3.05, 3.63) is 17.6 Å². The molecule has 2 N–H and O–H groups in total. The van der Waals surface area contributed by atoms with E-state index >= 15 is 0 Å². The van der Waals surface area contributed by atoms with Crippen LogP contribution < -0.4 is 5.73 Å². The number of nitrogens with two attached hydrogens (primary N) is 1. The zero-order chi connectivity index (χ0) is 11.6. The fourth-order valence-electron chi connectivity index (χ4n) is 1.93. The first-order valence-corrected chi connectivity index (χ1v) is 5.41. The van der Waals surface area contributed by atoms with Crippen molar-refractivity contribution in [1.29, 1.82) is 0 Å². The van der Waals surface area contributed by atoms with Crippen molar-refractivity contribution < 1.29 is 9.47 Å². The van der Waals surface area contributed by atoms with Crippen molar-refractivity contribution in [2.75, 3.05) is 19.5 Å². The van der Waals surface area contributed by atoms with E-state index in [-0.39, 0.29) is 0 Å². The van der Waals surface area contributed by atoms with Crippen LogP contribution in [0.3, 0.4) is 0 Å². The van der Waals surface area contributed by atoms with E-state index < -0.39 is 5.60 Å². The van der Waals surface area contributed by atoms with E-state index in [0.29, 0.717) is 18.2 Å². The van der Waals surface area contributed by atoms with Crippen LogP contribution in [0.25, 0.3) is 0 Å². The Hall–Kier alpha value is -1.20. The molecular weight excluding hydrogens is 206 g/mol. The fourth-order valence-corrected chi connectivity index (χ4v) is 1.93. The van der Waals surface area contributed by atoms with Crippen LogP contribution in [-0.2, 0) is 21.7 Å². The Morgan fingerprint density at radius 1 is 1.56 bits per heavy atom. The summed E-state index contributed by atoms with van der Waals surface area (Å²) in [4.78, 5) is 8.69. The van der Waals surface area contributed by atoms with Crippen LogP contribution >= 0.6 is 0 Å². The average molecular weight is 223 g/mol. The van der Waals surface area contributed by atoms with Gasteiger partial charge in [0.2, 0.25) is 0 Å². The van der Waals surface area contributed by atoms with E-state index in [2.05, 4.69) is 9.97 Å². The molecule has 0 bridgehead atoms. The van der Waals surface area contributed by atoms with Crippen LogP contribution in [0.4, 0.5) is 5.82 Å². The lowest BCUT2D eigenvalue weighted by Crippen LogP contribution is -2.24. The third-order valence-corrected chi connectivity index (χ3v) is 2.78. The molecule has 5 nitrogen and oxygen atoms in total. The molecule has 0 radical (unpaired) electrons. The van der Waals surface area contributed by atoms with Gasteiger partial charge < -0.3 is 15.2 Å². The topological polar surface area (TPSA) is 70.3 Å². The Kier molecular flexibility index (Phi) is 3.07. The normalized spacial score (nSPS) is 24.9.